The van der Waals surface area contributed by atoms with E-state index in [9.17, 15) is 0 Å². The van der Waals surface area contributed by atoms with Gasteiger partial charge in [-0.3, -0.25) is 3.97 Å². The Morgan fingerprint density at radius 3 is 3.00 bits per heavy atom. The van der Waals surface area contributed by atoms with Gasteiger partial charge in [0.25, 0.3) is 0 Å². The van der Waals surface area contributed by atoms with Crippen LogP contribution in [0.1, 0.15) is 0 Å². The van der Waals surface area contributed by atoms with E-state index < -0.39 is 0 Å². The summed E-state index contributed by atoms with van der Waals surface area (Å²) in [5.41, 5.74) is 1.71. The molecule has 0 bridgehead atoms. The van der Waals surface area contributed by atoms with E-state index in [0.29, 0.717) is 0 Å². The smallest absolute Gasteiger partial charge is 0.116 e. The molecule has 0 N–H and O–H groups in total. The van der Waals surface area contributed by atoms with Gasteiger partial charge in [0.1, 0.15) is 11.8 Å². The Labute approximate surface area is 74.4 Å². The number of hydrogen-bond acceptors (Lipinski definition) is 4. The van der Waals surface area contributed by atoms with Crippen molar-refractivity contribution in [3.63, 3.8) is 0 Å². The molecule has 2 heterocycles. The van der Waals surface area contributed by atoms with E-state index >= 15 is 0 Å². The lowest BCUT2D eigenvalue weighted by Crippen LogP contribution is -1.80. The van der Waals surface area contributed by atoms with E-state index in [1.165, 1.54) is 6.33 Å². The van der Waals surface area contributed by atoms with Gasteiger partial charge in [-0.1, -0.05) is 12.8 Å². The van der Waals surface area contributed by atoms with Crippen LogP contribution in [0.2, 0.25) is 0 Å². The fraction of sp³-hybridized carbons (Fsp3) is 0. The Hall–Kier alpha value is -0.680. The molecule has 0 unspecified atom stereocenters. The summed E-state index contributed by atoms with van der Waals surface area (Å²) in [7, 11) is 0. The van der Waals surface area contributed by atoms with Crippen molar-refractivity contribution in [2.75, 3.05) is 0 Å². The van der Waals surface area contributed by atoms with Gasteiger partial charge in [-0.05, 0) is 0 Å². The Morgan fingerprint density at radius 2 is 2.27 bits per heavy atom. The maximum atomic E-state index is 4.21. The zero-order valence-electron chi connectivity index (χ0n) is 5.47. The summed E-state index contributed by atoms with van der Waals surface area (Å²) in [4.78, 5) is 8.73. The fourth-order valence-electron chi connectivity index (χ4n) is 0.934. The minimum Gasteiger partial charge on any atom is -0.289 e. The molecule has 5 heteroatoms. The van der Waals surface area contributed by atoms with Gasteiger partial charge in [0.05, 0.1) is 11.7 Å². The van der Waals surface area contributed by atoms with E-state index in [0.717, 1.165) is 15.9 Å². The molecule has 0 atom stereocenters. The van der Waals surface area contributed by atoms with Gasteiger partial charge in [0, 0.05) is 11.1 Å². The highest BCUT2D eigenvalue weighted by Gasteiger charge is 2.03. The summed E-state index contributed by atoms with van der Waals surface area (Å²) in [6, 6.07) is 0. The van der Waals surface area contributed by atoms with Gasteiger partial charge in [-0.15, -0.1) is 12.6 Å². The van der Waals surface area contributed by atoms with Gasteiger partial charge in [-0.2, -0.15) is 0 Å². The third-order valence-electron chi connectivity index (χ3n) is 1.43. The lowest BCUT2D eigenvalue weighted by molar-refractivity contribution is 1.21. The predicted octanol–water partition coefficient (Wildman–Crippen LogP) is 1.41. The summed E-state index contributed by atoms with van der Waals surface area (Å²) < 4.78 is 1.65. The van der Waals surface area contributed by atoms with Crippen LogP contribution in [0.4, 0.5) is 0 Å². The molecule has 3 nitrogen and oxygen atoms in total. The Balaban J connectivity index is 2.95. The first kappa shape index (κ1) is 7.00. The van der Waals surface area contributed by atoms with Gasteiger partial charge in [0.2, 0.25) is 0 Å². The molecule has 2 aromatic heterocycles. The molecule has 0 aliphatic rings. The second-order valence-corrected chi connectivity index (χ2v) is 3.03. The largest absolute Gasteiger partial charge is 0.289 e. The molecule has 56 valence electrons. The van der Waals surface area contributed by atoms with Crippen LogP contribution in [0, 0.1) is 0 Å². The number of hydrogen-bond donors (Lipinski definition) is 2. The van der Waals surface area contributed by atoms with E-state index in [1.807, 2.05) is 0 Å². The highest BCUT2D eigenvalue weighted by atomic mass is 32.1. The monoisotopic (exact) mass is 183 g/mol. The summed E-state index contributed by atoms with van der Waals surface area (Å²) >= 11 is 8.37. The number of thiol groups is 2. The van der Waals surface area contributed by atoms with Crippen molar-refractivity contribution in [3.8, 4) is 0 Å². The molecule has 0 aliphatic carbocycles. The molecular formula is C6H5N3S2. The van der Waals surface area contributed by atoms with Crippen LogP contribution in [0.15, 0.2) is 23.6 Å². The van der Waals surface area contributed by atoms with Crippen LogP contribution in [-0.4, -0.2) is 13.9 Å². The fourth-order valence-corrected chi connectivity index (χ4v) is 1.57. The topological polar surface area (TPSA) is 30.7 Å². The Bertz CT molecular complexity index is 360. The standard InChI is InChI=1S/C6H5N3S2/c10-5-2-9(11)4-1-7-3-8-6(4)5/h1-3,10-11H. The molecule has 0 saturated carbocycles. The number of fused-ring (bicyclic) bond motifs is 1. The number of aromatic nitrogens is 3. The molecule has 0 spiro atoms. The quantitative estimate of drug-likeness (QED) is 0.605. The van der Waals surface area contributed by atoms with Gasteiger partial charge >= 0.3 is 0 Å². The SMILES string of the molecule is Sc1cn(S)c2cncnc12. The summed E-state index contributed by atoms with van der Waals surface area (Å²) in [5, 5.41) is 0. The summed E-state index contributed by atoms with van der Waals surface area (Å²) in [6.45, 7) is 0. The van der Waals surface area contributed by atoms with Crippen molar-refractivity contribution in [3.05, 3.63) is 18.7 Å². The first-order chi connectivity index (χ1) is 5.29. The van der Waals surface area contributed by atoms with Crippen molar-refractivity contribution < 1.29 is 0 Å². The molecule has 0 aliphatic heterocycles. The highest BCUT2D eigenvalue weighted by Crippen LogP contribution is 2.21. The third kappa shape index (κ3) is 1.00. The van der Waals surface area contributed by atoms with Gasteiger partial charge in [-0.25, -0.2) is 9.97 Å². The molecule has 0 amide bonds. The molecule has 2 rings (SSSR count). The van der Waals surface area contributed by atoms with Crippen molar-refractivity contribution >= 4 is 36.5 Å². The van der Waals surface area contributed by atoms with Crippen molar-refractivity contribution in [1.29, 1.82) is 0 Å². The molecule has 0 radical (unpaired) electrons. The van der Waals surface area contributed by atoms with Crippen molar-refractivity contribution in [1.82, 2.24) is 13.9 Å². The molecular weight excluding hydrogens is 178 g/mol. The van der Waals surface area contributed by atoms with E-state index in [-0.39, 0.29) is 0 Å². The van der Waals surface area contributed by atoms with Crippen LogP contribution < -0.4 is 0 Å². The van der Waals surface area contributed by atoms with Gasteiger partial charge < -0.3 is 0 Å². The summed E-state index contributed by atoms with van der Waals surface area (Å²) in [6.07, 6.45) is 4.98. The lowest BCUT2D eigenvalue weighted by atomic mass is 10.5. The molecule has 0 saturated heterocycles. The minimum absolute atomic E-state index is 0.817. The van der Waals surface area contributed by atoms with Gasteiger partial charge in [0.15, 0.2) is 0 Å². The van der Waals surface area contributed by atoms with Crippen molar-refractivity contribution in [2.45, 2.75) is 4.90 Å². The average Bonchev–Trinajstić information content (AvgIpc) is 2.30. The highest BCUT2D eigenvalue weighted by molar-refractivity contribution is 7.81. The Kier molecular flexibility index (Phi) is 1.54. The molecule has 11 heavy (non-hydrogen) atoms. The average molecular weight is 183 g/mol. The van der Waals surface area contributed by atoms with E-state index in [1.54, 1.807) is 16.4 Å². The second-order valence-electron chi connectivity index (χ2n) is 2.12. The maximum Gasteiger partial charge on any atom is 0.116 e. The zero-order valence-corrected chi connectivity index (χ0v) is 7.26. The van der Waals surface area contributed by atoms with Crippen LogP contribution >= 0.6 is 25.4 Å². The van der Waals surface area contributed by atoms with Crippen LogP contribution in [-0.2, 0) is 0 Å². The minimum atomic E-state index is 0.817. The first-order valence-corrected chi connectivity index (χ1v) is 3.83. The van der Waals surface area contributed by atoms with Crippen LogP contribution in [0.25, 0.3) is 11.0 Å². The predicted molar refractivity (Wildman–Crippen MR) is 49.2 cm³/mol. The van der Waals surface area contributed by atoms with E-state index in [4.69, 9.17) is 0 Å². The van der Waals surface area contributed by atoms with Crippen LogP contribution in [0.5, 0.6) is 0 Å². The zero-order chi connectivity index (χ0) is 7.84. The van der Waals surface area contributed by atoms with Crippen molar-refractivity contribution in [2.24, 2.45) is 0 Å². The lowest BCUT2D eigenvalue weighted by Gasteiger charge is -1.89. The summed E-state index contributed by atoms with van der Waals surface area (Å²) in [5.74, 6) is 0. The molecule has 0 fully saturated rings. The van der Waals surface area contributed by atoms with Crippen LogP contribution in [0.3, 0.4) is 0 Å². The third-order valence-corrected chi connectivity index (χ3v) is 2.09. The second kappa shape index (κ2) is 2.42. The van der Waals surface area contributed by atoms with E-state index in [2.05, 4.69) is 35.4 Å². The normalized spacial score (nSPS) is 10.7. The molecule has 2 aromatic rings. The first-order valence-electron chi connectivity index (χ1n) is 2.98. The maximum absolute atomic E-state index is 4.21. The number of nitrogens with zero attached hydrogens (tertiary/aromatic N) is 3. The number of rotatable bonds is 0. The Morgan fingerprint density at radius 1 is 1.45 bits per heavy atom. The molecule has 0 aromatic carbocycles.